The van der Waals surface area contributed by atoms with Gasteiger partial charge in [-0.05, 0) is 13.0 Å². The third-order valence-corrected chi connectivity index (χ3v) is 2.89. The maximum absolute atomic E-state index is 8.88. The summed E-state index contributed by atoms with van der Waals surface area (Å²) < 4.78 is 0. The highest BCUT2D eigenvalue weighted by Crippen LogP contribution is 2.07. The van der Waals surface area contributed by atoms with Gasteiger partial charge in [0.05, 0.1) is 12.4 Å². The van der Waals surface area contributed by atoms with Crippen LogP contribution >= 0.6 is 0 Å². The Morgan fingerprint density at radius 3 is 2.60 bits per heavy atom. The first-order valence-electron chi connectivity index (χ1n) is 5.81. The van der Waals surface area contributed by atoms with Crippen LogP contribution in [0.1, 0.15) is 20.3 Å². The highest BCUT2D eigenvalue weighted by atomic mass is 16.3. The molecule has 2 N–H and O–H groups in total. The second-order valence-corrected chi connectivity index (χ2v) is 4.45. The lowest BCUT2D eigenvalue weighted by atomic mass is 10.2. The number of rotatable bonds is 3. The molecule has 1 saturated heterocycles. The summed E-state index contributed by atoms with van der Waals surface area (Å²) in [5, 5.41) is 16.8. The summed E-state index contributed by atoms with van der Waals surface area (Å²) in [6.07, 6.45) is 1.09. The Morgan fingerprint density at radius 2 is 2.00 bits per heavy atom. The number of amidine groups is 1. The molecule has 1 aliphatic rings. The molecule has 0 aromatic carbocycles. The second kappa shape index (κ2) is 6.08. The van der Waals surface area contributed by atoms with Crippen molar-refractivity contribution in [2.75, 3.05) is 39.3 Å². The molecule has 0 bridgehead atoms. The van der Waals surface area contributed by atoms with Crippen LogP contribution in [0.2, 0.25) is 0 Å². The molecule has 0 radical (unpaired) electrons. The fourth-order valence-electron chi connectivity index (χ4n) is 1.94. The summed E-state index contributed by atoms with van der Waals surface area (Å²) in [5.41, 5.74) is 0. The van der Waals surface area contributed by atoms with Crippen LogP contribution in [-0.2, 0) is 0 Å². The number of hydrogen-bond donors (Lipinski definition) is 2. The standard InChI is InChI=1S/C11H23N3O/c1-10(2)11(12)14-5-3-4-13(6-7-14)8-9-15/h10,12,15H,3-9H2,1-2H3. The van der Waals surface area contributed by atoms with Crippen molar-refractivity contribution in [2.24, 2.45) is 5.92 Å². The predicted octanol–water partition coefficient (Wildman–Crippen LogP) is 0.620. The average molecular weight is 213 g/mol. The van der Waals surface area contributed by atoms with Crippen molar-refractivity contribution in [3.8, 4) is 0 Å². The van der Waals surface area contributed by atoms with Crippen LogP contribution in [-0.4, -0.2) is 60.1 Å². The number of β-amino-alcohol motifs (C(OH)–C–C–N with tert-alkyl or cyclic N) is 1. The van der Waals surface area contributed by atoms with Gasteiger partial charge in [0, 0.05) is 32.1 Å². The number of aliphatic hydroxyl groups is 1. The number of aliphatic hydroxyl groups excluding tert-OH is 1. The fourth-order valence-corrected chi connectivity index (χ4v) is 1.94. The summed E-state index contributed by atoms with van der Waals surface area (Å²) in [4.78, 5) is 4.44. The molecule has 0 atom stereocenters. The first kappa shape index (κ1) is 12.5. The van der Waals surface area contributed by atoms with Gasteiger partial charge in [0.2, 0.25) is 0 Å². The lowest BCUT2D eigenvalue weighted by Crippen LogP contribution is -2.37. The first-order chi connectivity index (χ1) is 7.15. The van der Waals surface area contributed by atoms with Crippen molar-refractivity contribution in [1.82, 2.24) is 9.80 Å². The maximum Gasteiger partial charge on any atom is 0.0984 e. The van der Waals surface area contributed by atoms with Gasteiger partial charge in [0.1, 0.15) is 0 Å². The van der Waals surface area contributed by atoms with Crippen LogP contribution in [0.25, 0.3) is 0 Å². The molecule has 1 aliphatic heterocycles. The molecule has 0 aromatic rings. The highest BCUT2D eigenvalue weighted by molar-refractivity contribution is 5.81. The van der Waals surface area contributed by atoms with Crippen LogP contribution in [0.3, 0.4) is 0 Å². The van der Waals surface area contributed by atoms with Gasteiger partial charge in [-0.15, -0.1) is 0 Å². The van der Waals surface area contributed by atoms with E-state index in [9.17, 15) is 0 Å². The molecule has 0 saturated carbocycles. The molecule has 4 nitrogen and oxygen atoms in total. The van der Waals surface area contributed by atoms with Crippen molar-refractivity contribution in [1.29, 1.82) is 5.41 Å². The minimum Gasteiger partial charge on any atom is -0.395 e. The second-order valence-electron chi connectivity index (χ2n) is 4.45. The van der Waals surface area contributed by atoms with Crippen LogP contribution in [0, 0.1) is 11.3 Å². The van der Waals surface area contributed by atoms with Crippen molar-refractivity contribution >= 4 is 5.84 Å². The molecule has 0 spiro atoms. The van der Waals surface area contributed by atoms with Crippen LogP contribution in [0.15, 0.2) is 0 Å². The molecule has 15 heavy (non-hydrogen) atoms. The molecular formula is C11H23N3O. The van der Waals surface area contributed by atoms with Crippen molar-refractivity contribution < 1.29 is 5.11 Å². The summed E-state index contributed by atoms with van der Waals surface area (Å²) >= 11 is 0. The average Bonchev–Trinajstić information content (AvgIpc) is 2.43. The normalized spacial score (nSPS) is 19.3. The monoisotopic (exact) mass is 213 g/mol. The lowest BCUT2D eigenvalue weighted by molar-refractivity contribution is 0.201. The van der Waals surface area contributed by atoms with E-state index in [-0.39, 0.29) is 6.61 Å². The van der Waals surface area contributed by atoms with E-state index in [4.69, 9.17) is 10.5 Å². The van der Waals surface area contributed by atoms with E-state index in [0.717, 1.165) is 45.0 Å². The predicted molar refractivity (Wildman–Crippen MR) is 62.3 cm³/mol. The van der Waals surface area contributed by atoms with E-state index in [1.807, 2.05) is 0 Å². The van der Waals surface area contributed by atoms with E-state index in [0.29, 0.717) is 5.92 Å². The molecule has 1 heterocycles. The number of hydrogen-bond acceptors (Lipinski definition) is 3. The third kappa shape index (κ3) is 3.80. The molecule has 0 aliphatic carbocycles. The van der Waals surface area contributed by atoms with Crippen LogP contribution < -0.4 is 0 Å². The Bertz CT molecular complexity index is 206. The molecular weight excluding hydrogens is 190 g/mol. The Labute approximate surface area is 92.4 Å². The van der Waals surface area contributed by atoms with E-state index in [1.165, 1.54) is 0 Å². The Kier molecular flexibility index (Phi) is 5.05. The zero-order valence-electron chi connectivity index (χ0n) is 9.87. The Balaban J connectivity index is 2.42. The summed E-state index contributed by atoms with van der Waals surface area (Å²) in [7, 11) is 0. The number of nitrogens with one attached hydrogen (secondary N) is 1. The van der Waals surface area contributed by atoms with E-state index >= 15 is 0 Å². The fraction of sp³-hybridized carbons (Fsp3) is 0.909. The topological polar surface area (TPSA) is 50.6 Å². The molecule has 0 aromatic heterocycles. The Morgan fingerprint density at radius 1 is 1.27 bits per heavy atom. The minimum atomic E-state index is 0.238. The van der Waals surface area contributed by atoms with Gasteiger partial charge in [0.25, 0.3) is 0 Å². The van der Waals surface area contributed by atoms with Gasteiger partial charge in [-0.25, -0.2) is 0 Å². The maximum atomic E-state index is 8.88. The van der Waals surface area contributed by atoms with Crippen LogP contribution in [0.5, 0.6) is 0 Å². The largest absolute Gasteiger partial charge is 0.395 e. The summed E-state index contributed by atoms with van der Waals surface area (Å²) in [6.45, 7) is 9.07. The van der Waals surface area contributed by atoms with Crippen molar-refractivity contribution in [3.63, 3.8) is 0 Å². The molecule has 1 rings (SSSR count). The van der Waals surface area contributed by atoms with E-state index in [1.54, 1.807) is 0 Å². The summed E-state index contributed by atoms with van der Waals surface area (Å²) in [6, 6.07) is 0. The van der Waals surface area contributed by atoms with Gasteiger partial charge in [-0.2, -0.15) is 0 Å². The SMILES string of the molecule is CC(C)C(=N)N1CCCN(CCO)CC1. The first-order valence-corrected chi connectivity index (χ1v) is 5.81. The number of nitrogens with zero attached hydrogens (tertiary/aromatic N) is 2. The smallest absolute Gasteiger partial charge is 0.0984 e. The molecule has 1 fully saturated rings. The Hall–Kier alpha value is -0.610. The zero-order chi connectivity index (χ0) is 11.3. The quantitative estimate of drug-likeness (QED) is 0.534. The van der Waals surface area contributed by atoms with Gasteiger partial charge in [0.15, 0.2) is 0 Å². The third-order valence-electron chi connectivity index (χ3n) is 2.89. The minimum absolute atomic E-state index is 0.238. The lowest BCUT2D eigenvalue weighted by Gasteiger charge is -2.25. The van der Waals surface area contributed by atoms with Gasteiger partial charge in [-0.3, -0.25) is 10.3 Å². The highest BCUT2D eigenvalue weighted by Gasteiger charge is 2.17. The van der Waals surface area contributed by atoms with Crippen LogP contribution in [0.4, 0.5) is 0 Å². The molecule has 4 heteroatoms. The molecule has 0 amide bonds. The van der Waals surface area contributed by atoms with Crippen molar-refractivity contribution in [3.05, 3.63) is 0 Å². The van der Waals surface area contributed by atoms with E-state index < -0.39 is 0 Å². The molecule has 0 unspecified atom stereocenters. The van der Waals surface area contributed by atoms with Gasteiger partial charge < -0.3 is 10.0 Å². The van der Waals surface area contributed by atoms with Gasteiger partial charge in [-0.1, -0.05) is 13.8 Å². The summed E-state index contributed by atoms with van der Waals surface area (Å²) in [5.74, 6) is 1.07. The molecule has 88 valence electrons. The van der Waals surface area contributed by atoms with E-state index in [2.05, 4.69) is 23.6 Å². The van der Waals surface area contributed by atoms with Crippen molar-refractivity contribution in [2.45, 2.75) is 20.3 Å². The van der Waals surface area contributed by atoms with Gasteiger partial charge >= 0.3 is 0 Å². The zero-order valence-corrected chi connectivity index (χ0v) is 9.87.